The van der Waals surface area contributed by atoms with Gasteiger partial charge < -0.3 is 17.0 Å². The molecular formula is C9H18BrN3. The van der Waals surface area contributed by atoms with Gasteiger partial charge in [0.25, 0.3) is 0 Å². The minimum Gasteiger partial charge on any atom is -1.00 e. The smallest absolute Gasteiger partial charge is 0.244 e. The second-order valence-corrected chi connectivity index (χ2v) is 3.38. The highest BCUT2D eigenvalue weighted by molar-refractivity contribution is 4.72. The van der Waals surface area contributed by atoms with Gasteiger partial charge in [0.2, 0.25) is 6.33 Å². The zero-order valence-electron chi connectivity index (χ0n) is 8.74. The van der Waals surface area contributed by atoms with Crippen LogP contribution in [0.1, 0.15) is 19.5 Å². The second-order valence-electron chi connectivity index (χ2n) is 3.38. The molecule has 0 saturated carbocycles. The van der Waals surface area contributed by atoms with Gasteiger partial charge in [-0.2, -0.15) is 0 Å². The number of hydrogen-bond acceptors (Lipinski definition) is 1. The quantitative estimate of drug-likeness (QED) is 0.552. The van der Waals surface area contributed by atoms with E-state index in [1.807, 2.05) is 7.05 Å². The highest BCUT2D eigenvalue weighted by Crippen LogP contribution is 2.11. The third kappa shape index (κ3) is 3.12. The fraction of sp³-hybridized carbons (Fsp3) is 0.667. The van der Waals surface area contributed by atoms with Crippen LogP contribution in [0.2, 0.25) is 0 Å². The highest BCUT2D eigenvalue weighted by atomic mass is 79.9. The number of hydrogen-bond donors (Lipinski definition) is 0. The van der Waals surface area contributed by atoms with Crippen molar-refractivity contribution in [3.05, 3.63) is 18.7 Å². The van der Waals surface area contributed by atoms with Crippen LogP contribution in [0.4, 0.5) is 0 Å². The first-order valence-electron chi connectivity index (χ1n) is 4.34. The van der Waals surface area contributed by atoms with E-state index in [9.17, 15) is 0 Å². The standard InChI is InChI=1S/C9H18N3.BrH/c1-5-9(10(2)3)12-7-6-11(4)8-12;/h6-9H,5H2,1-4H3;1H/q+1;/p-1. The maximum absolute atomic E-state index is 2.22. The largest absolute Gasteiger partial charge is 1.00 e. The van der Waals surface area contributed by atoms with Gasteiger partial charge in [0, 0.05) is 0 Å². The van der Waals surface area contributed by atoms with Crippen molar-refractivity contribution in [3.8, 4) is 0 Å². The molecule has 0 aliphatic rings. The van der Waals surface area contributed by atoms with Gasteiger partial charge in [-0.1, -0.05) is 6.92 Å². The summed E-state index contributed by atoms with van der Waals surface area (Å²) in [6.45, 7) is 2.20. The lowest BCUT2D eigenvalue weighted by Crippen LogP contribution is -3.00. The normalized spacial score (nSPS) is 12.7. The Morgan fingerprint density at radius 2 is 2.08 bits per heavy atom. The first-order valence-corrected chi connectivity index (χ1v) is 4.34. The number of halogens is 1. The van der Waals surface area contributed by atoms with Crippen molar-refractivity contribution >= 4 is 0 Å². The molecule has 0 aliphatic heterocycles. The lowest BCUT2D eigenvalue weighted by Gasteiger charge is -2.18. The highest BCUT2D eigenvalue weighted by Gasteiger charge is 2.15. The molecule has 0 fully saturated rings. The Kier molecular flexibility index (Phi) is 5.25. The fourth-order valence-electron chi connectivity index (χ4n) is 1.49. The van der Waals surface area contributed by atoms with Crippen molar-refractivity contribution < 1.29 is 21.5 Å². The number of imidazole rings is 1. The SMILES string of the molecule is CCC(N(C)C)n1cc[n+](C)c1.[Br-]. The first-order chi connectivity index (χ1) is 5.65. The first kappa shape index (κ1) is 12.7. The van der Waals surface area contributed by atoms with Gasteiger partial charge in [-0.3, -0.25) is 4.90 Å². The molecular weight excluding hydrogens is 230 g/mol. The molecule has 1 unspecified atom stereocenters. The summed E-state index contributed by atoms with van der Waals surface area (Å²) < 4.78 is 4.28. The molecule has 13 heavy (non-hydrogen) atoms. The van der Waals surface area contributed by atoms with Gasteiger partial charge in [0.15, 0.2) is 6.17 Å². The zero-order valence-corrected chi connectivity index (χ0v) is 10.3. The van der Waals surface area contributed by atoms with Crippen LogP contribution in [0.15, 0.2) is 18.7 Å². The predicted molar refractivity (Wildman–Crippen MR) is 48.6 cm³/mol. The fourth-order valence-corrected chi connectivity index (χ4v) is 1.49. The van der Waals surface area contributed by atoms with Crippen LogP contribution in [0.3, 0.4) is 0 Å². The van der Waals surface area contributed by atoms with E-state index >= 15 is 0 Å². The maximum Gasteiger partial charge on any atom is 0.244 e. The van der Waals surface area contributed by atoms with Crippen LogP contribution in [-0.4, -0.2) is 23.6 Å². The molecule has 1 rings (SSSR count). The Balaban J connectivity index is 0.00000144. The topological polar surface area (TPSA) is 12.1 Å². The van der Waals surface area contributed by atoms with E-state index in [0.717, 1.165) is 6.42 Å². The number of nitrogens with zero attached hydrogens (tertiary/aromatic N) is 3. The van der Waals surface area contributed by atoms with E-state index < -0.39 is 0 Å². The summed E-state index contributed by atoms with van der Waals surface area (Å²) in [6.07, 6.45) is 7.88. The van der Waals surface area contributed by atoms with Gasteiger partial charge >= 0.3 is 0 Å². The van der Waals surface area contributed by atoms with Gasteiger partial charge in [-0.15, -0.1) is 0 Å². The number of rotatable bonds is 3. The molecule has 3 nitrogen and oxygen atoms in total. The summed E-state index contributed by atoms with van der Waals surface area (Å²) in [5.74, 6) is 0. The van der Waals surface area contributed by atoms with Crippen molar-refractivity contribution in [1.82, 2.24) is 9.47 Å². The lowest BCUT2D eigenvalue weighted by molar-refractivity contribution is -0.671. The Bertz CT molecular complexity index is 245. The molecule has 1 atom stereocenters. The van der Waals surface area contributed by atoms with Crippen molar-refractivity contribution in [3.63, 3.8) is 0 Å². The van der Waals surface area contributed by atoms with Crippen molar-refractivity contribution in [1.29, 1.82) is 0 Å². The van der Waals surface area contributed by atoms with Crippen molar-refractivity contribution in [2.45, 2.75) is 19.5 Å². The molecule has 0 saturated heterocycles. The van der Waals surface area contributed by atoms with E-state index in [1.54, 1.807) is 0 Å². The van der Waals surface area contributed by atoms with Crippen LogP contribution >= 0.6 is 0 Å². The van der Waals surface area contributed by atoms with Gasteiger partial charge in [0.05, 0.1) is 7.05 Å². The second kappa shape index (κ2) is 5.40. The molecule has 0 bridgehead atoms. The van der Waals surface area contributed by atoms with E-state index in [1.165, 1.54) is 0 Å². The van der Waals surface area contributed by atoms with Crippen LogP contribution < -0.4 is 21.5 Å². The molecule has 0 aromatic carbocycles. The minimum absolute atomic E-state index is 0. The van der Waals surface area contributed by atoms with E-state index in [0.29, 0.717) is 6.17 Å². The third-order valence-corrected chi connectivity index (χ3v) is 2.09. The summed E-state index contributed by atoms with van der Waals surface area (Å²) >= 11 is 0. The third-order valence-electron chi connectivity index (χ3n) is 2.09. The van der Waals surface area contributed by atoms with Gasteiger partial charge in [-0.25, -0.2) is 9.13 Å². The summed E-state index contributed by atoms with van der Waals surface area (Å²) in [4.78, 5) is 2.22. The zero-order chi connectivity index (χ0) is 9.14. The molecule has 76 valence electrons. The Morgan fingerprint density at radius 3 is 2.38 bits per heavy atom. The van der Waals surface area contributed by atoms with Crippen molar-refractivity contribution in [2.75, 3.05) is 14.1 Å². The lowest BCUT2D eigenvalue weighted by atomic mass is 10.3. The van der Waals surface area contributed by atoms with Gasteiger partial charge in [-0.05, 0) is 20.5 Å². The Labute approximate surface area is 90.7 Å². The summed E-state index contributed by atoms with van der Waals surface area (Å²) in [5.41, 5.74) is 0. The molecule has 1 aromatic heterocycles. The molecule has 0 radical (unpaired) electrons. The molecule has 0 aliphatic carbocycles. The van der Waals surface area contributed by atoms with Crippen LogP contribution in [0.25, 0.3) is 0 Å². The van der Waals surface area contributed by atoms with Crippen LogP contribution in [-0.2, 0) is 7.05 Å². The van der Waals surface area contributed by atoms with E-state index in [-0.39, 0.29) is 17.0 Å². The van der Waals surface area contributed by atoms with E-state index in [4.69, 9.17) is 0 Å². The molecule has 4 heteroatoms. The Hall–Kier alpha value is -0.350. The summed E-state index contributed by atoms with van der Waals surface area (Å²) in [7, 11) is 6.25. The van der Waals surface area contributed by atoms with E-state index in [2.05, 4.69) is 53.8 Å². The number of aryl methyl sites for hydroxylation is 1. The average molecular weight is 248 g/mol. The Morgan fingerprint density at radius 1 is 1.46 bits per heavy atom. The molecule has 0 spiro atoms. The molecule has 1 heterocycles. The van der Waals surface area contributed by atoms with Crippen molar-refractivity contribution in [2.24, 2.45) is 7.05 Å². The summed E-state index contributed by atoms with van der Waals surface area (Å²) in [6, 6.07) is 0. The summed E-state index contributed by atoms with van der Waals surface area (Å²) in [5, 5.41) is 0. The average Bonchev–Trinajstić information content (AvgIpc) is 2.37. The monoisotopic (exact) mass is 247 g/mol. The van der Waals surface area contributed by atoms with Crippen LogP contribution in [0, 0.1) is 0 Å². The van der Waals surface area contributed by atoms with Crippen LogP contribution in [0.5, 0.6) is 0 Å². The van der Waals surface area contributed by atoms with Gasteiger partial charge in [0.1, 0.15) is 12.4 Å². The number of aromatic nitrogens is 2. The maximum atomic E-state index is 2.22. The molecule has 0 N–H and O–H groups in total. The minimum atomic E-state index is 0. The molecule has 1 aromatic rings. The predicted octanol–water partition coefficient (Wildman–Crippen LogP) is -2.21. The molecule has 0 amide bonds.